The van der Waals surface area contributed by atoms with Gasteiger partial charge in [0.15, 0.2) is 11.6 Å². The Kier molecular flexibility index (Phi) is 7.94. The highest BCUT2D eigenvalue weighted by atomic mass is 28.4. The lowest BCUT2D eigenvalue weighted by molar-refractivity contribution is -0.116. The molecule has 0 heterocycles. The predicted molar refractivity (Wildman–Crippen MR) is 133 cm³/mol. The van der Waals surface area contributed by atoms with Crippen molar-refractivity contribution in [3.05, 3.63) is 108 Å². The summed E-state index contributed by atoms with van der Waals surface area (Å²) in [7, 11) is -2.65. The Balaban J connectivity index is 1.79. The van der Waals surface area contributed by atoms with Crippen LogP contribution in [0.25, 0.3) is 0 Å². The molecule has 3 aromatic carbocycles. The van der Waals surface area contributed by atoms with Gasteiger partial charge in [0.1, 0.15) is 0 Å². The standard InChI is InChI=1S/C28H31FO2Si/c1-28(2,3)32(24-16-9-5-10-17-24,25-18-11-6-12-19-25)31-21-13-20-26(29)27(30)22-23-14-7-4-8-15-23/h4-12,14-20H,13,21-22H2,1-3H3/b26-20+. The van der Waals surface area contributed by atoms with Crippen LogP contribution in [0.15, 0.2) is 103 Å². The molecule has 0 radical (unpaired) electrons. The van der Waals surface area contributed by atoms with Crippen LogP contribution < -0.4 is 10.4 Å². The van der Waals surface area contributed by atoms with Gasteiger partial charge in [0.2, 0.25) is 0 Å². The van der Waals surface area contributed by atoms with Crippen LogP contribution in [-0.2, 0) is 15.6 Å². The summed E-state index contributed by atoms with van der Waals surface area (Å²) in [5, 5.41) is 2.23. The molecule has 0 unspecified atom stereocenters. The Hall–Kier alpha value is -2.82. The number of carbonyl (C=O) groups is 1. The van der Waals surface area contributed by atoms with Crippen molar-refractivity contribution in [3.63, 3.8) is 0 Å². The van der Waals surface area contributed by atoms with Gasteiger partial charge in [-0.15, -0.1) is 0 Å². The van der Waals surface area contributed by atoms with Gasteiger partial charge in [-0.2, -0.15) is 0 Å². The molecule has 0 amide bonds. The zero-order valence-electron chi connectivity index (χ0n) is 19.1. The Morgan fingerprint density at radius 1 is 0.844 bits per heavy atom. The van der Waals surface area contributed by atoms with Gasteiger partial charge in [0.05, 0.1) is 0 Å². The summed E-state index contributed by atoms with van der Waals surface area (Å²) >= 11 is 0. The van der Waals surface area contributed by atoms with E-state index in [1.807, 2.05) is 66.7 Å². The number of carbonyl (C=O) groups excluding carboxylic acids is 1. The normalized spacial score (nSPS) is 12.6. The number of hydrogen-bond acceptors (Lipinski definition) is 2. The largest absolute Gasteiger partial charge is 0.407 e. The van der Waals surface area contributed by atoms with Crippen molar-refractivity contribution in [2.45, 2.75) is 38.7 Å². The number of benzene rings is 3. The molecule has 0 fully saturated rings. The second-order valence-corrected chi connectivity index (χ2v) is 13.2. The number of halogens is 1. The molecule has 0 atom stereocenters. The van der Waals surface area contributed by atoms with Crippen molar-refractivity contribution in [3.8, 4) is 0 Å². The van der Waals surface area contributed by atoms with Crippen LogP contribution in [0.4, 0.5) is 4.39 Å². The molecule has 0 saturated heterocycles. The van der Waals surface area contributed by atoms with Gasteiger partial charge in [-0.1, -0.05) is 112 Å². The molecule has 0 spiro atoms. The van der Waals surface area contributed by atoms with E-state index >= 15 is 0 Å². The Morgan fingerprint density at radius 2 is 1.31 bits per heavy atom. The number of allylic oxidation sites excluding steroid dienone is 1. The van der Waals surface area contributed by atoms with E-state index in [0.29, 0.717) is 13.0 Å². The van der Waals surface area contributed by atoms with Crippen molar-refractivity contribution in [1.82, 2.24) is 0 Å². The quantitative estimate of drug-likeness (QED) is 0.242. The first-order chi connectivity index (χ1) is 15.3. The van der Waals surface area contributed by atoms with E-state index in [4.69, 9.17) is 4.43 Å². The molecular weight excluding hydrogens is 415 g/mol. The lowest BCUT2D eigenvalue weighted by atomic mass is 10.1. The molecule has 0 aliphatic rings. The van der Waals surface area contributed by atoms with Crippen LogP contribution in [0.2, 0.25) is 5.04 Å². The predicted octanol–water partition coefficient (Wildman–Crippen LogP) is 5.62. The molecule has 166 valence electrons. The average Bonchev–Trinajstić information content (AvgIpc) is 2.80. The number of rotatable bonds is 9. The first-order valence-corrected chi connectivity index (χ1v) is 12.9. The van der Waals surface area contributed by atoms with Gasteiger partial charge in [0.25, 0.3) is 8.32 Å². The van der Waals surface area contributed by atoms with Gasteiger partial charge in [0, 0.05) is 13.0 Å². The fourth-order valence-electron chi connectivity index (χ4n) is 4.14. The number of Topliss-reactive ketones (excluding diaryl/α,β-unsaturated/α-hetero) is 1. The van der Waals surface area contributed by atoms with Crippen LogP contribution >= 0.6 is 0 Å². The van der Waals surface area contributed by atoms with Gasteiger partial charge in [-0.25, -0.2) is 4.39 Å². The minimum Gasteiger partial charge on any atom is -0.407 e. The molecule has 0 aliphatic heterocycles. The van der Waals surface area contributed by atoms with Crippen molar-refractivity contribution in [2.75, 3.05) is 6.61 Å². The lowest BCUT2D eigenvalue weighted by Gasteiger charge is -2.43. The maximum atomic E-state index is 14.4. The van der Waals surface area contributed by atoms with Crippen LogP contribution in [0, 0.1) is 0 Å². The molecule has 3 rings (SSSR count). The molecule has 2 nitrogen and oxygen atoms in total. The second kappa shape index (κ2) is 10.7. The summed E-state index contributed by atoms with van der Waals surface area (Å²) in [6.07, 6.45) is 1.78. The van der Waals surface area contributed by atoms with Gasteiger partial charge >= 0.3 is 0 Å². The molecule has 0 N–H and O–H groups in total. The van der Waals surface area contributed by atoms with E-state index in [1.54, 1.807) is 0 Å². The van der Waals surface area contributed by atoms with Crippen molar-refractivity contribution in [1.29, 1.82) is 0 Å². The molecule has 0 saturated carbocycles. The highest BCUT2D eigenvalue weighted by molar-refractivity contribution is 6.99. The third-order valence-electron chi connectivity index (χ3n) is 5.65. The van der Waals surface area contributed by atoms with Crippen LogP contribution in [0.5, 0.6) is 0 Å². The lowest BCUT2D eigenvalue weighted by Crippen LogP contribution is -2.66. The molecule has 0 aliphatic carbocycles. The van der Waals surface area contributed by atoms with Gasteiger partial charge in [-0.3, -0.25) is 4.79 Å². The maximum absolute atomic E-state index is 14.4. The maximum Gasteiger partial charge on any atom is 0.261 e. The summed E-state index contributed by atoms with van der Waals surface area (Å²) in [6, 6.07) is 29.9. The first kappa shape index (κ1) is 23.8. The summed E-state index contributed by atoms with van der Waals surface area (Å²) in [4.78, 5) is 12.2. The van der Waals surface area contributed by atoms with E-state index in [2.05, 4.69) is 45.0 Å². The number of ketones is 1. The average molecular weight is 447 g/mol. The smallest absolute Gasteiger partial charge is 0.261 e. The zero-order chi connectivity index (χ0) is 23.0. The van der Waals surface area contributed by atoms with Crippen LogP contribution in [-0.4, -0.2) is 20.7 Å². The summed E-state index contributed by atoms with van der Waals surface area (Å²) < 4.78 is 21.2. The van der Waals surface area contributed by atoms with E-state index in [1.165, 1.54) is 16.4 Å². The van der Waals surface area contributed by atoms with E-state index < -0.39 is 19.9 Å². The van der Waals surface area contributed by atoms with Gasteiger partial charge in [-0.05, 0) is 33.5 Å². The first-order valence-electron chi connectivity index (χ1n) is 11.0. The van der Waals surface area contributed by atoms with Crippen LogP contribution in [0.3, 0.4) is 0 Å². The zero-order valence-corrected chi connectivity index (χ0v) is 20.1. The third-order valence-corrected chi connectivity index (χ3v) is 10.7. The van der Waals surface area contributed by atoms with E-state index in [0.717, 1.165) is 5.56 Å². The Labute approximate surface area is 191 Å². The van der Waals surface area contributed by atoms with Crippen LogP contribution in [0.1, 0.15) is 32.8 Å². The topological polar surface area (TPSA) is 26.3 Å². The fourth-order valence-corrected chi connectivity index (χ4v) is 8.72. The summed E-state index contributed by atoms with van der Waals surface area (Å²) in [6.45, 7) is 6.97. The highest BCUT2D eigenvalue weighted by Gasteiger charge is 2.49. The second-order valence-electron chi connectivity index (χ2n) is 8.94. The monoisotopic (exact) mass is 446 g/mol. The van der Waals surface area contributed by atoms with Crippen molar-refractivity contribution in [2.24, 2.45) is 0 Å². The molecule has 0 bridgehead atoms. The Morgan fingerprint density at radius 3 is 1.78 bits per heavy atom. The fraction of sp³-hybridized carbons (Fsp3) is 0.250. The Bertz CT molecular complexity index is 986. The molecular formula is C28H31FO2Si. The SMILES string of the molecule is CC(C)(C)[Si](OCC/C=C(/F)C(=O)Cc1ccccc1)(c1ccccc1)c1ccccc1. The molecule has 0 aromatic heterocycles. The third kappa shape index (κ3) is 5.50. The number of hydrogen-bond donors (Lipinski definition) is 0. The molecule has 32 heavy (non-hydrogen) atoms. The minimum absolute atomic E-state index is 0.0682. The molecule has 3 aromatic rings. The van der Waals surface area contributed by atoms with Gasteiger partial charge < -0.3 is 4.43 Å². The summed E-state index contributed by atoms with van der Waals surface area (Å²) in [5.74, 6) is -1.19. The summed E-state index contributed by atoms with van der Waals surface area (Å²) in [5.41, 5.74) is 0.810. The van der Waals surface area contributed by atoms with Crippen molar-refractivity contribution < 1.29 is 13.6 Å². The molecule has 4 heteroatoms. The van der Waals surface area contributed by atoms with E-state index in [9.17, 15) is 9.18 Å². The highest BCUT2D eigenvalue weighted by Crippen LogP contribution is 2.36. The minimum atomic E-state index is -2.65. The van der Waals surface area contributed by atoms with E-state index in [-0.39, 0.29) is 11.5 Å². The van der Waals surface area contributed by atoms with Crippen molar-refractivity contribution >= 4 is 24.5 Å².